The molecule has 0 unspecified atom stereocenters. The lowest BCUT2D eigenvalue weighted by atomic mass is 9.86. The Balaban J connectivity index is 4.14. The van der Waals surface area contributed by atoms with Crippen molar-refractivity contribution < 1.29 is 10.2 Å². The summed E-state index contributed by atoms with van der Waals surface area (Å²) in [5.41, 5.74) is -1.96. The average molecular weight is 132 g/mol. The topological polar surface area (TPSA) is 40.5 Å². The Morgan fingerprint density at radius 3 is 1.44 bits per heavy atom. The molecule has 0 rings (SSSR count). The van der Waals surface area contributed by atoms with Crippen LogP contribution in [0.25, 0.3) is 0 Å². The minimum absolute atomic E-state index is 0.566. The van der Waals surface area contributed by atoms with Gasteiger partial charge in [-0.25, -0.2) is 0 Å². The van der Waals surface area contributed by atoms with Gasteiger partial charge in [0.25, 0.3) is 0 Å². The standard InChI is InChI=1S/C7H16O2/c1-5-7(4,9)6(2,3)8/h8-9H,5H2,1-4H3/t7-/m0/s1. The number of aliphatic hydroxyl groups is 2. The van der Waals surface area contributed by atoms with E-state index in [1.807, 2.05) is 6.92 Å². The molecule has 0 aliphatic carbocycles. The van der Waals surface area contributed by atoms with Gasteiger partial charge in [-0.15, -0.1) is 0 Å². The summed E-state index contributed by atoms with van der Waals surface area (Å²) in [6, 6.07) is 0. The monoisotopic (exact) mass is 132 g/mol. The van der Waals surface area contributed by atoms with E-state index >= 15 is 0 Å². The lowest BCUT2D eigenvalue weighted by Crippen LogP contribution is -2.46. The molecule has 2 nitrogen and oxygen atoms in total. The van der Waals surface area contributed by atoms with Crippen LogP contribution in [-0.4, -0.2) is 21.4 Å². The molecule has 0 aromatic carbocycles. The van der Waals surface area contributed by atoms with Crippen molar-refractivity contribution in [3.8, 4) is 0 Å². The summed E-state index contributed by atoms with van der Waals surface area (Å²) in [7, 11) is 0. The Morgan fingerprint density at radius 1 is 1.11 bits per heavy atom. The third-order valence-corrected chi connectivity index (χ3v) is 2.01. The van der Waals surface area contributed by atoms with Gasteiger partial charge < -0.3 is 10.2 Å². The van der Waals surface area contributed by atoms with Crippen LogP contribution in [0.4, 0.5) is 0 Å². The van der Waals surface area contributed by atoms with Crippen LogP contribution in [0.1, 0.15) is 34.1 Å². The van der Waals surface area contributed by atoms with Gasteiger partial charge in [0.2, 0.25) is 0 Å². The molecule has 56 valence electrons. The number of hydrogen-bond acceptors (Lipinski definition) is 2. The average Bonchev–Trinajstić information content (AvgIpc) is 1.64. The highest BCUT2D eigenvalue weighted by atomic mass is 16.3. The highest BCUT2D eigenvalue weighted by molar-refractivity contribution is 4.87. The summed E-state index contributed by atoms with van der Waals surface area (Å²) in [4.78, 5) is 0. The largest absolute Gasteiger partial charge is 0.387 e. The predicted octanol–water partition coefficient (Wildman–Crippen LogP) is 0.918. The van der Waals surface area contributed by atoms with Crippen LogP contribution in [0.15, 0.2) is 0 Å². The van der Waals surface area contributed by atoms with Gasteiger partial charge in [-0.3, -0.25) is 0 Å². The molecule has 0 aliphatic rings. The maximum Gasteiger partial charge on any atom is 0.0897 e. The second-order valence-electron chi connectivity index (χ2n) is 3.19. The first kappa shape index (κ1) is 8.92. The first-order valence-electron chi connectivity index (χ1n) is 3.26. The Kier molecular flexibility index (Phi) is 2.25. The van der Waals surface area contributed by atoms with Crippen LogP contribution in [-0.2, 0) is 0 Å². The van der Waals surface area contributed by atoms with E-state index in [0.717, 1.165) is 0 Å². The molecular weight excluding hydrogens is 116 g/mol. The van der Waals surface area contributed by atoms with Gasteiger partial charge in [0.05, 0.1) is 11.2 Å². The first-order valence-corrected chi connectivity index (χ1v) is 3.26. The van der Waals surface area contributed by atoms with Crippen LogP contribution in [0, 0.1) is 0 Å². The molecule has 0 saturated heterocycles. The van der Waals surface area contributed by atoms with E-state index in [1.54, 1.807) is 20.8 Å². The van der Waals surface area contributed by atoms with Crippen molar-refractivity contribution in [1.82, 2.24) is 0 Å². The van der Waals surface area contributed by atoms with Crippen molar-refractivity contribution in [2.24, 2.45) is 0 Å². The van der Waals surface area contributed by atoms with Gasteiger partial charge >= 0.3 is 0 Å². The third-order valence-electron chi connectivity index (χ3n) is 2.01. The van der Waals surface area contributed by atoms with Crippen molar-refractivity contribution in [3.05, 3.63) is 0 Å². The summed E-state index contributed by atoms with van der Waals surface area (Å²) in [6.07, 6.45) is 0.566. The minimum atomic E-state index is -0.998. The first-order chi connectivity index (χ1) is 3.81. The van der Waals surface area contributed by atoms with E-state index in [9.17, 15) is 10.2 Å². The molecule has 1 atom stereocenters. The zero-order valence-electron chi connectivity index (χ0n) is 6.60. The highest BCUT2D eigenvalue weighted by Crippen LogP contribution is 2.23. The molecular formula is C7H16O2. The van der Waals surface area contributed by atoms with Crippen LogP contribution >= 0.6 is 0 Å². The quantitative estimate of drug-likeness (QED) is 0.586. The molecule has 0 bridgehead atoms. The molecule has 0 aliphatic heterocycles. The Bertz CT molecular complexity index is 89.6. The van der Waals surface area contributed by atoms with E-state index in [4.69, 9.17) is 0 Å². The van der Waals surface area contributed by atoms with Gasteiger partial charge in [0.15, 0.2) is 0 Å². The molecule has 2 N–H and O–H groups in total. The fourth-order valence-corrected chi connectivity index (χ4v) is 0.433. The fourth-order valence-electron chi connectivity index (χ4n) is 0.433. The van der Waals surface area contributed by atoms with E-state index in [0.29, 0.717) is 6.42 Å². The molecule has 2 heteroatoms. The lowest BCUT2D eigenvalue weighted by Gasteiger charge is -2.34. The summed E-state index contributed by atoms with van der Waals surface area (Å²) >= 11 is 0. The van der Waals surface area contributed by atoms with Gasteiger partial charge in [-0.05, 0) is 27.2 Å². The molecule has 0 heterocycles. The van der Waals surface area contributed by atoms with Crippen molar-refractivity contribution in [2.45, 2.75) is 45.3 Å². The fraction of sp³-hybridized carbons (Fsp3) is 1.00. The van der Waals surface area contributed by atoms with Gasteiger partial charge in [0, 0.05) is 0 Å². The lowest BCUT2D eigenvalue weighted by molar-refractivity contribution is -0.121. The summed E-state index contributed by atoms with van der Waals surface area (Å²) in [6.45, 7) is 6.69. The Hall–Kier alpha value is -0.0800. The molecule has 9 heavy (non-hydrogen) atoms. The molecule has 0 aromatic rings. The van der Waals surface area contributed by atoms with E-state index in [2.05, 4.69) is 0 Å². The number of rotatable bonds is 2. The molecule has 0 fully saturated rings. The van der Waals surface area contributed by atoms with Crippen molar-refractivity contribution in [2.75, 3.05) is 0 Å². The van der Waals surface area contributed by atoms with Gasteiger partial charge in [0.1, 0.15) is 0 Å². The second-order valence-corrected chi connectivity index (χ2v) is 3.19. The summed E-state index contributed by atoms with van der Waals surface area (Å²) in [5, 5.41) is 18.7. The van der Waals surface area contributed by atoms with Crippen molar-refractivity contribution >= 4 is 0 Å². The van der Waals surface area contributed by atoms with Crippen LogP contribution in [0.3, 0.4) is 0 Å². The molecule has 0 spiro atoms. The smallest absolute Gasteiger partial charge is 0.0897 e. The van der Waals surface area contributed by atoms with Crippen LogP contribution in [0.2, 0.25) is 0 Å². The van der Waals surface area contributed by atoms with Gasteiger partial charge in [-0.2, -0.15) is 0 Å². The molecule has 0 saturated carbocycles. The predicted molar refractivity (Wildman–Crippen MR) is 37.2 cm³/mol. The zero-order valence-corrected chi connectivity index (χ0v) is 6.60. The number of hydrogen-bond donors (Lipinski definition) is 2. The molecule has 0 amide bonds. The van der Waals surface area contributed by atoms with Crippen LogP contribution < -0.4 is 0 Å². The summed E-state index contributed by atoms with van der Waals surface area (Å²) < 4.78 is 0. The van der Waals surface area contributed by atoms with E-state index in [-0.39, 0.29) is 0 Å². The second kappa shape index (κ2) is 2.27. The molecule has 0 aromatic heterocycles. The normalized spacial score (nSPS) is 19.3. The van der Waals surface area contributed by atoms with E-state index < -0.39 is 11.2 Å². The Labute approximate surface area is 56.5 Å². The maximum atomic E-state index is 9.41. The summed E-state index contributed by atoms with van der Waals surface area (Å²) in [5.74, 6) is 0. The minimum Gasteiger partial charge on any atom is -0.387 e. The van der Waals surface area contributed by atoms with Gasteiger partial charge in [-0.1, -0.05) is 6.92 Å². The Morgan fingerprint density at radius 2 is 1.44 bits per heavy atom. The maximum absolute atomic E-state index is 9.41. The highest BCUT2D eigenvalue weighted by Gasteiger charge is 2.35. The molecule has 0 radical (unpaired) electrons. The van der Waals surface area contributed by atoms with E-state index in [1.165, 1.54) is 0 Å². The van der Waals surface area contributed by atoms with Crippen molar-refractivity contribution in [1.29, 1.82) is 0 Å². The van der Waals surface area contributed by atoms with Crippen molar-refractivity contribution in [3.63, 3.8) is 0 Å². The van der Waals surface area contributed by atoms with Crippen LogP contribution in [0.5, 0.6) is 0 Å². The zero-order chi connectivity index (χ0) is 7.71. The SMILES string of the molecule is CC[C@](C)(O)C(C)(C)O. The third kappa shape index (κ3) is 1.95.